The highest BCUT2D eigenvalue weighted by Crippen LogP contribution is 2.35. The monoisotopic (exact) mass is 437 g/mol. The van der Waals surface area contributed by atoms with Crippen LogP contribution in [0.3, 0.4) is 0 Å². The van der Waals surface area contributed by atoms with E-state index in [2.05, 4.69) is 24.4 Å². The van der Waals surface area contributed by atoms with Gasteiger partial charge in [0.05, 0.1) is 20.1 Å². The van der Waals surface area contributed by atoms with Crippen molar-refractivity contribution in [3.8, 4) is 5.75 Å². The first-order chi connectivity index (χ1) is 15.0. The van der Waals surface area contributed by atoms with Gasteiger partial charge in [0.2, 0.25) is 5.91 Å². The summed E-state index contributed by atoms with van der Waals surface area (Å²) in [6.45, 7) is 4.16. The fourth-order valence-electron chi connectivity index (χ4n) is 3.32. The zero-order valence-corrected chi connectivity index (χ0v) is 18.9. The number of carbonyl (C=O) groups excluding carboxylic acids is 2. The van der Waals surface area contributed by atoms with Crippen molar-refractivity contribution in [2.75, 3.05) is 19.0 Å². The fraction of sp³-hybridized carbons (Fsp3) is 0.280. The number of anilines is 1. The lowest BCUT2D eigenvalue weighted by Crippen LogP contribution is -2.17. The molecule has 0 fully saturated rings. The number of amides is 1. The van der Waals surface area contributed by atoms with Crippen LogP contribution in [-0.2, 0) is 16.0 Å². The molecule has 1 N–H and O–H groups in total. The molecule has 3 rings (SSSR count). The molecule has 5 nitrogen and oxygen atoms in total. The Morgan fingerprint density at radius 2 is 2.03 bits per heavy atom. The molecule has 0 spiro atoms. The van der Waals surface area contributed by atoms with Crippen molar-refractivity contribution in [3.63, 3.8) is 0 Å². The summed E-state index contributed by atoms with van der Waals surface area (Å²) < 4.78 is 10.5. The van der Waals surface area contributed by atoms with E-state index in [4.69, 9.17) is 9.47 Å². The molecule has 0 unspecified atom stereocenters. The Bertz CT molecular complexity index is 1050. The maximum absolute atomic E-state index is 12.8. The summed E-state index contributed by atoms with van der Waals surface area (Å²) in [5, 5.41) is 5.30. The van der Waals surface area contributed by atoms with E-state index in [0.29, 0.717) is 16.3 Å². The largest absolute Gasteiger partial charge is 0.497 e. The molecular formula is C25H27NO4S. The van der Waals surface area contributed by atoms with Gasteiger partial charge in [-0.1, -0.05) is 48.9 Å². The SMILES string of the molecule is CCOC(=O)c1c(C2=CC=C(CC)CC=C2)csc1NC(=O)Cc1cccc(OC)c1. The molecule has 1 aromatic carbocycles. The minimum atomic E-state index is -0.436. The van der Waals surface area contributed by atoms with Gasteiger partial charge in [0.25, 0.3) is 0 Å². The van der Waals surface area contributed by atoms with Crippen LogP contribution >= 0.6 is 11.3 Å². The van der Waals surface area contributed by atoms with Crippen LogP contribution < -0.4 is 10.1 Å². The third-order valence-corrected chi connectivity index (χ3v) is 5.86. The zero-order valence-electron chi connectivity index (χ0n) is 18.1. The summed E-state index contributed by atoms with van der Waals surface area (Å²) in [6.07, 6.45) is 10.3. The van der Waals surface area contributed by atoms with E-state index in [1.54, 1.807) is 14.0 Å². The van der Waals surface area contributed by atoms with Crippen molar-refractivity contribution in [1.29, 1.82) is 0 Å². The van der Waals surface area contributed by atoms with Crippen LogP contribution in [0.1, 0.15) is 48.2 Å². The number of esters is 1. The second kappa shape index (κ2) is 10.8. The molecule has 1 amide bonds. The van der Waals surface area contributed by atoms with E-state index in [0.717, 1.165) is 29.5 Å². The first kappa shape index (κ1) is 22.6. The number of carbonyl (C=O) groups is 2. The minimum absolute atomic E-state index is 0.178. The molecule has 1 aliphatic carbocycles. The van der Waals surface area contributed by atoms with E-state index in [-0.39, 0.29) is 18.9 Å². The van der Waals surface area contributed by atoms with Crippen molar-refractivity contribution in [2.24, 2.45) is 0 Å². The number of ether oxygens (including phenoxy) is 2. The Hall–Kier alpha value is -3.12. The molecular weight excluding hydrogens is 410 g/mol. The Morgan fingerprint density at radius 1 is 1.19 bits per heavy atom. The second-order valence-corrected chi connectivity index (χ2v) is 7.94. The van der Waals surface area contributed by atoms with Gasteiger partial charge in [-0.05, 0) is 43.0 Å². The van der Waals surface area contributed by atoms with Crippen molar-refractivity contribution in [2.45, 2.75) is 33.1 Å². The summed E-state index contributed by atoms with van der Waals surface area (Å²) in [5.41, 5.74) is 4.25. The van der Waals surface area contributed by atoms with Crippen LogP contribution in [-0.4, -0.2) is 25.6 Å². The van der Waals surface area contributed by atoms with Crippen LogP contribution in [0.2, 0.25) is 0 Å². The molecule has 0 radical (unpaired) electrons. The lowest BCUT2D eigenvalue weighted by molar-refractivity contribution is -0.115. The van der Waals surface area contributed by atoms with E-state index in [9.17, 15) is 9.59 Å². The average Bonchev–Trinajstić information content (AvgIpc) is 3.02. The molecule has 2 aromatic rings. The summed E-state index contributed by atoms with van der Waals surface area (Å²) in [7, 11) is 1.59. The van der Waals surface area contributed by atoms with Gasteiger partial charge in [-0.15, -0.1) is 11.3 Å². The number of methoxy groups -OCH3 is 1. The minimum Gasteiger partial charge on any atom is -0.497 e. The highest BCUT2D eigenvalue weighted by Gasteiger charge is 2.23. The number of hydrogen-bond acceptors (Lipinski definition) is 5. The van der Waals surface area contributed by atoms with Gasteiger partial charge < -0.3 is 14.8 Å². The van der Waals surface area contributed by atoms with Crippen LogP contribution in [0.5, 0.6) is 5.75 Å². The summed E-state index contributed by atoms with van der Waals surface area (Å²) >= 11 is 1.33. The van der Waals surface area contributed by atoms with Gasteiger partial charge in [-0.3, -0.25) is 4.79 Å². The predicted molar refractivity (Wildman–Crippen MR) is 126 cm³/mol. The zero-order chi connectivity index (χ0) is 22.2. The third-order valence-electron chi connectivity index (χ3n) is 4.96. The second-order valence-electron chi connectivity index (χ2n) is 7.06. The van der Waals surface area contributed by atoms with Gasteiger partial charge >= 0.3 is 5.97 Å². The molecule has 1 heterocycles. The van der Waals surface area contributed by atoms with Crippen molar-refractivity contribution >= 4 is 33.8 Å². The van der Waals surface area contributed by atoms with Gasteiger partial charge in [0.15, 0.2) is 0 Å². The summed E-state index contributed by atoms with van der Waals surface area (Å²) in [4.78, 5) is 25.5. The number of benzene rings is 1. The molecule has 1 aliphatic rings. The van der Waals surface area contributed by atoms with Crippen LogP contribution in [0.25, 0.3) is 5.57 Å². The molecule has 1 aromatic heterocycles. The van der Waals surface area contributed by atoms with Crippen LogP contribution in [0.15, 0.2) is 59.5 Å². The van der Waals surface area contributed by atoms with E-state index in [1.165, 1.54) is 16.9 Å². The fourth-order valence-corrected chi connectivity index (χ4v) is 4.29. The van der Waals surface area contributed by atoms with Gasteiger partial charge in [0.1, 0.15) is 16.3 Å². The van der Waals surface area contributed by atoms with Gasteiger partial charge in [-0.2, -0.15) is 0 Å². The number of hydrogen-bond donors (Lipinski definition) is 1. The molecule has 162 valence electrons. The Labute approximate surface area is 187 Å². The normalized spacial score (nSPS) is 13.1. The van der Waals surface area contributed by atoms with E-state index < -0.39 is 5.97 Å². The number of nitrogens with one attached hydrogen (secondary N) is 1. The van der Waals surface area contributed by atoms with Crippen LogP contribution in [0.4, 0.5) is 5.00 Å². The highest BCUT2D eigenvalue weighted by molar-refractivity contribution is 7.15. The Morgan fingerprint density at radius 3 is 2.77 bits per heavy atom. The molecule has 0 bridgehead atoms. The Balaban J connectivity index is 1.88. The standard InChI is InChI=1S/C25H27NO4S/c1-4-17-8-6-10-19(13-12-17)21-16-31-24(23(21)25(28)30-5-2)26-22(27)15-18-9-7-11-20(14-18)29-3/h6-7,9-14,16H,4-5,8,15H2,1-3H3,(H,26,27). The average molecular weight is 438 g/mol. The lowest BCUT2D eigenvalue weighted by Gasteiger charge is -2.09. The summed E-state index contributed by atoms with van der Waals surface area (Å²) in [5.74, 6) is 0.0574. The molecule has 0 saturated heterocycles. The molecule has 6 heteroatoms. The molecule has 31 heavy (non-hydrogen) atoms. The first-order valence-corrected chi connectivity index (χ1v) is 11.2. The van der Waals surface area contributed by atoms with E-state index >= 15 is 0 Å². The smallest absolute Gasteiger partial charge is 0.341 e. The third kappa shape index (κ3) is 5.73. The molecule has 0 aliphatic heterocycles. The topological polar surface area (TPSA) is 64.6 Å². The van der Waals surface area contributed by atoms with Crippen LogP contribution in [0, 0.1) is 0 Å². The number of thiophene rings is 1. The lowest BCUT2D eigenvalue weighted by atomic mass is 10.0. The van der Waals surface area contributed by atoms with Gasteiger partial charge in [0, 0.05) is 10.9 Å². The molecule has 0 atom stereocenters. The number of rotatable bonds is 8. The summed E-state index contributed by atoms with van der Waals surface area (Å²) in [6, 6.07) is 7.37. The highest BCUT2D eigenvalue weighted by atomic mass is 32.1. The maximum Gasteiger partial charge on any atom is 0.341 e. The number of allylic oxidation sites excluding steroid dienone is 6. The quantitative estimate of drug-likeness (QED) is 0.531. The van der Waals surface area contributed by atoms with Crippen molar-refractivity contribution in [3.05, 3.63) is 76.2 Å². The molecule has 0 saturated carbocycles. The first-order valence-electron chi connectivity index (χ1n) is 10.3. The predicted octanol–water partition coefficient (Wildman–Crippen LogP) is 5.79. The van der Waals surface area contributed by atoms with Crippen molar-refractivity contribution in [1.82, 2.24) is 0 Å². The van der Waals surface area contributed by atoms with Crippen molar-refractivity contribution < 1.29 is 19.1 Å². The Kier molecular flexibility index (Phi) is 7.84. The van der Waals surface area contributed by atoms with Gasteiger partial charge in [-0.25, -0.2) is 4.79 Å². The van der Waals surface area contributed by atoms with E-state index in [1.807, 2.05) is 41.8 Å². The maximum atomic E-state index is 12.8.